The van der Waals surface area contributed by atoms with Crippen LogP contribution < -0.4 is 5.73 Å². The number of amides is 1. The highest BCUT2D eigenvalue weighted by molar-refractivity contribution is 7.89. The Morgan fingerprint density at radius 2 is 1.75 bits per heavy atom. The van der Waals surface area contributed by atoms with Gasteiger partial charge >= 0.3 is 0 Å². The van der Waals surface area contributed by atoms with Crippen molar-refractivity contribution in [2.75, 3.05) is 0 Å². The van der Waals surface area contributed by atoms with Gasteiger partial charge in [0.05, 0.1) is 11.4 Å². The van der Waals surface area contributed by atoms with Gasteiger partial charge in [-0.05, 0) is 30.2 Å². The number of hydrogen-bond acceptors (Lipinski definition) is 4. The van der Waals surface area contributed by atoms with E-state index < -0.39 is 27.4 Å². The maximum atomic E-state index is 13.0. The van der Waals surface area contributed by atoms with Crippen molar-refractivity contribution in [3.8, 4) is 0 Å². The first kappa shape index (κ1) is 16.1. The molecule has 0 aromatic heterocycles. The van der Waals surface area contributed by atoms with Crippen LogP contribution in [0.2, 0.25) is 0 Å². The molecule has 3 N–H and O–H groups in total. The molecule has 1 aliphatic heterocycles. The molecule has 7 heteroatoms. The first-order valence-corrected chi connectivity index (χ1v) is 8.67. The Labute approximate surface area is 139 Å². The Hall–Kier alpha value is -2.80. The minimum Gasteiger partial charge on any atom is -0.505 e. The van der Waals surface area contributed by atoms with E-state index in [4.69, 9.17) is 5.73 Å². The average Bonchev–Trinajstić information content (AvgIpc) is 2.54. The summed E-state index contributed by atoms with van der Waals surface area (Å²) in [6, 6.07) is 13.2. The van der Waals surface area contributed by atoms with Gasteiger partial charge in [-0.15, -0.1) is 0 Å². The van der Waals surface area contributed by atoms with Gasteiger partial charge in [-0.3, -0.25) is 9.10 Å². The topological polar surface area (TPSA) is 101 Å². The summed E-state index contributed by atoms with van der Waals surface area (Å²) < 4.78 is 26.8. The van der Waals surface area contributed by atoms with Gasteiger partial charge in [0.1, 0.15) is 0 Å². The summed E-state index contributed by atoms with van der Waals surface area (Å²) in [4.78, 5) is 11.8. The number of nitrogens with zero attached hydrogens (tertiary/aromatic N) is 1. The normalized spacial score (nSPS) is 16.0. The second-order valence-corrected chi connectivity index (χ2v) is 7.33. The van der Waals surface area contributed by atoms with Crippen LogP contribution in [0.5, 0.6) is 0 Å². The molecule has 0 saturated heterocycles. The van der Waals surface area contributed by atoms with Gasteiger partial charge in [0.15, 0.2) is 11.5 Å². The summed E-state index contributed by atoms with van der Waals surface area (Å²) in [6.45, 7) is 1.75. The predicted molar refractivity (Wildman–Crippen MR) is 89.1 cm³/mol. The molecule has 0 atom stereocenters. The number of sulfonamides is 1. The fourth-order valence-corrected chi connectivity index (χ4v) is 4.37. The van der Waals surface area contributed by atoms with Gasteiger partial charge in [-0.2, -0.15) is 0 Å². The SMILES string of the molecule is Cc1ccccc1CN1C(C(N)=O)=C(O)c2ccccc2S1(=O)=O. The summed E-state index contributed by atoms with van der Waals surface area (Å²) in [6.07, 6.45) is 0. The van der Waals surface area contributed by atoms with Crippen molar-refractivity contribution in [1.82, 2.24) is 4.31 Å². The van der Waals surface area contributed by atoms with Crippen molar-refractivity contribution in [1.29, 1.82) is 0 Å². The zero-order valence-electron chi connectivity index (χ0n) is 12.9. The third-order valence-electron chi connectivity index (χ3n) is 3.99. The van der Waals surface area contributed by atoms with Crippen LogP contribution in [0.4, 0.5) is 0 Å². The number of carbonyl (C=O) groups is 1. The third-order valence-corrected chi connectivity index (χ3v) is 5.80. The fourth-order valence-electron chi connectivity index (χ4n) is 2.72. The highest BCUT2D eigenvalue weighted by Crippen LogP contribution is 2.36. The molecule has 24 heavy (non-hydrogen) atoms. The Morgan fingerprint density at radius 3 is 2.42 bits per heavy atom. The van der Waals surface area contributed by atoms with E-state index in [0.29, 0.717) is 5.56 Å². The Bertz CT molecular complexity index is 964. The van der Waals surface area contributed by atoms with E-state index in [1.54, 1.807) is 24.3 Å². The molecule has 2 aromatic rings. The van der Waals surface area contributed by atoms with E-state index in [1.807, 2.05) is 19.1 Å². The highest BCUT2D eigenvalue weighted by atomic mass is 32.2. The highest BCUT2D eigenvalue weighted by Gasteiger charge is 2.39. The van der Waals surface area contributed by atoms with Gasteiger partial charge in [0.2, 0.25) is 0 Å². The largest absolute Gasteiger partial charge is 0.505 e. The van der Waals surface area contributed by atoms with Gasteiger partial charge in [0, 0.05) is 5.56 Å². The maximum Gasteiger partial charge on any atom is 0.269 e. The molecule has 2 aromatic carbocycles. The van der Waals surface area contributed by atoms with Crippen molar-refractivity contribution >= 4 is 21.7 Å². The number of fused-ring (bicyclic) bond motifs is 1. The number of aliphatic hydroxyl groups excluding tert-OH is 1. The number of aliphatic hydroxyl groups is 1. The molecule has 0 bridgehead atoms. The summed E-state index contributed by atoms with van der Waals surface area (Å²) >= 11 is 0. The molecule has 1 heterocycles. The van der Waals surface area contributed by atoms with E-state index in [9.17, 15) is 18.3 Å². The number of hydrogen-bond donors (Lipinski definition) is 2. The van der Waals surface area contributed by atoms with Crippen LogP contribution in [0, 0.1) is 6.92 Å². The first-order valence-electron chi connectivity index (χ1n) is 7.23. The summed E-state index contributed by atoms with van der Waals surface area (Å²) in [7, 11) is -4.01. The summed E-state index contributed by atoms with van der Waals surface area (Å²) in [5, 5.41) is 10.4. The second kappa shape index (κ2) is 5.68. The lowest BCUT2D eigenvalue weighted by Crippen LogP contribution is -2.40. The average molecular weight is 344 g/mol. The molecular weight excluding hydrogens is 328 g/mol. The number of benzene rings is 2. The quantitative estimate of drug-likeness (QED) is 0.888. The van der Waals surface area contributed by atoms with Gasteiger partial charge < -0.3 is 10.8 Å². The van der Waals surface area contributed by atoms with Gasteiger partial charge in [0.25, 0.3) is 15.9 Å². The van der Waals surface area contributed by atoms with E-state index in [2.05, 4.69) is 0 Å². The minimum atomic E-state index is -4.01. The van der Waals surface area contributed by atoms with Crippen LogP contribution in [0.1, 0.15) is 16.7 Å². The Morgan fingerprint density at radius 1 is 1.12 bits per heavy atom. The first-order chi connectivity index (χ1) is 11.3. The van der Waals surface area contributed by atoms with Crippen LogP contribution >= 0.6 is 0 Å². The Balaban J connectivity index is 2.23. The second-order valence-electron chi connectivity index (χ2n) is 5.50. The number of nitrogens with two attached hydrogens (primary N) is 1. The van der Waals surface area contributed by atoms with Crippen LogP contribution in [-0.2, 0) is 21.4 Å². The fraction of sp³-hybridized carbons (Fsp3) is 0.118. The number of primary amides is 1. The molecule has 0 fully saturated rings. The molecule has 0 radical (unpaired) electrons. The zero-order valence-corrected chi connectivity index (χ0v) is 13.7. The molecule has 1 aliphatic rings. The predicted octanol–water partition coefficient (Wildman–Crippen LogP) is 1.91. The van der Waals surface area contributed by atoms with E-state index in [1.165, 1.54) is 12.1 Å². The van der Waals surface area contributed by atoms with Gasteiger partial charge in [-0.25, -0.2) is 8.42 Å². The number of rotatable bonds is 3. The summed E-state index contributed by atoms with van der Waals surface area (Å²) in [5.74, 6) is -1.43. The van der Waals surface area contributed by atoms with Crippen molar-refractivity contribution < 1.29 is 18.3 Å². The van der Waals surface area contributed by atoms with E-state index >= 15 is 0 Å². The van der Waals surface area contributed by atoms with Crippen LogP contribution in [0.3, 0.4) is 0 Å². The smallest absolute Gasteiger partial charge is 0.269 e. The number of carbonyl (C=O) groups excluding carboxylic acids is 1. The standard InChI is InChI=1S/C17H16N2O4S/c1-11-6-2-3-7-12(11)10-19-15(17(18)21)16(20)13-8-4-5-9-14(13)24(19,22)23/h2-9,20H,10H2,1H3,(H2,18,21). The third kappa shape index (κ3) is 2.43. The van der Waals surface area contributed by atoms with Crippen molar-refractivity contribution in [3.05, 3.63) is 70.9 Å². The van der Waals surface area contributed by atoms with Crippen molar-refractivity contribution in [2.45, 2.75) is 18.4 Å². The van der Waals surface area contributed by atoms with Crippen molar-refractivity contribution in [3.63, 3.8) is 0 Å². The monoisotopic (exact) mass is 344 g/mol. The molecular formula is C17H16N2O4S. The van der Waals surface area contributed by atoms with Gasteiger partial charge in [-0.1, -0.05) is 36.4 Å². The lowest BCUT2D eigenvalue weighted by Gasteiger charge is -2.31. The van der Waals surface area contributed by atoms with Crippen LogP contribution in [-0.4, -0.2) is 23.7 Å². The molecule has 6 nitrogen and oxygen atoms in total. The molecule has 124 valence electrons. The van der Waals surface area contributed by atoms with Crippen molar-refractivity contribution in [2.24, 2.45) is 5.73 Å². The lowest BCUT2D eigenvalue weighted by molar-refractivity contribution is -0.115. The lowest BCUT2D eigenvalue weighted by atomic mass is 10.1. The molecule has 1 amide bonds. The molecule has 0 unspecified atom stereocenters. The maximum absolute atomic E-state index is 13.0. The Kier molecular flexibility index (Phi) is 3.81. The summed E-state index contributed by atoms with van der Waals surface area (Å²) in [5.41, 5.74) is 6.60. The molecule has 0 spiro atoms. The van der Waals surface area contributed by atoms with E-state index in [-0.39, 0.29) is 17.0 Å². The molecule has 0 saturated carbocycles. The molecule has 3 rings (SSSR count). The van der Waals surface area contributed by atoms with Crippen LogP contribution in [0.15, 0.2) is 59.1 Å². The minimum absolute atomic E-state index is 0.0546. The van der Waals surface area contributed by atoms with Crippen LogP contribution in [0.25, 0.3) is 5.76 Å². The molecule has 0 aliphatic carbocycles. The van der Waals surface area contributed by atoms with E-state index in [0.717, 1.165) is 9.87 Å². The zero-order chi connectivity index (χ0) is 17.5. The number of aryl methyl sites for hydroxylation is 1.